The summed E-state index contributed by atoms with van der Waals surface area (Å²) in [5.41, 5.74) is 3.03. The number of benzene rings is 2. The molecule has 3 fully saturated rings. The Labute approximate surface area is 185 Å². The molecule has 0 radical (unpaired) electrons. The number of carbonyl (C=O) groups is 3. The molecule has 3 amide bonds. The molecule has 2 aromatic rings. The van der Waals surface area contributed by atoms with E-state index in [0.29, 0.717) is 17.3 Å². The van der Waals surface area contributed by atoms with Gasteiger partial charge in [0.25, 0.3) is 0 Å². The van der Waals surface area contributed by atoms with E-state index < -0.39 is 17.4 Å². The zero-order chi connectivity index (χ0) is 21.7. The highest BCUT2D eigenvalue weighted by Gasteiger charge is 2.74. The van der Waals surface area contributed by atoms with E-state index in [1.807, 2.05) is 26.0 Å². The second-order valence-corrected chi connectivity index (χ2v) is 9.49. The summed E-state index contributed by atoms with van der Waals surface area (Å²) in [7, 11) is 0. The van der Waals surface area contributed by atoms with Gasteiger partial charge in [0, 0.05) is 22.3 Å². The highest BCUT2D eigenvalue weighted by Crippen LogP contribution is 2.61. The van der Waals surface area contributed by atoms with Crippen molar-refractivity contribution in [3.63, 3.8) is 0 Å². The summed E-state index contributed by atoms with van der Waals surface area (Å²) in [5, 5.41) is 3.54. The molecule has 2 aromatic carbocycles. The van der Waals surface area contributed by atoms with Crippen LogP contribution in [0.2, 0.25) is 5.02 Å². The van der Waals surface area contributed by atoms with Gasteiger partial charge in [0.05, 0.1) is 17.5 Å². The van der Waals surface area contributed by atoms with Crippen molar-refractivity contribution < 1.29 is 14.4 Å². The van der Waals surface area contributed by atoms with Crippen molar-refractivity contribution in [1.82, 2.24) is 4.90 Å². The minimum absolute atomic E-state index is 0.121. The molecular weight excluding hydrogens is 414 g/mol. The van der Waals surface area contributed by atoms with E-state index in [1.54, 1.807) is 24.3 Å². The highest BCUT2D eigenvalue weighted by atomic mass is 35.5. The number of hydrogen-bond acceptors (Lipinski definition) is 4. The van der Waals surface area contributed by atoms with Crippen LogP contribution in [-0.4, -0.2) is 35.2 Å². The topological polar surface area (TPSA) is 69.7 Å². The minimum atomic E-state index is -1.14. The summed E-state index contributed by atoms with van der Waals surface area (Å²) in [4.78, 5) is 44.6. The van der Waals surface area contributed by atoms with Gasteiger partial charge in [-0.25, -0.2) is 4.90 Å². The van der Waals surface area contributed by atoms with E-state index in [2.05, 4.69) is 10.2 Å². The van der Waals surface area contributed by atoms with E-state index in [9.17, 15) is 14.4 Å². The summed E-state index contributed by atoms with van der Waals surface area (Å²) in [6.07, 6.45) is 1.71. The maximum Gasteiger partial charge on any atom is 0.250 e. The SMILES string of the molecule is Cc1ccc2c(c1C)NC(=O)[C@@]21[C@@H]2C(=O)N(c3cccc(Cl)c3)C(=O)[C@H]2[C@@H]2CCCN21. The predicted octanol–water partition coefficient (Wildman–Crippen LogP) is 3.39. The summed E-state index contributed by atoms with van der Waals surface area (Å²) >= 11 is 6.15. The molecule has 31 heavy (non-hydrogen) atoms. The Bertz CT molecular complexity index is 1190. The van der Waals surface area contributed by atoms with Gasteiger partial charge in [-0.05, 0) is 62.6 Å². The molecule has 0 aliphatic carbocycles. The number of aryl methyl sites for hydroxylation is 1. The standard InChI is InChI=1S/C24H22ClN3O3/c1-12-8-9-16-20(13(12)2)26-23(31)24(16)19-18(17-7-4-10-27(17)24)21(29)28(22(19)30)15-6-3-5-14(25)11-15/h3,5-6,8-9,11,17-19H,4,7,10H2,1-2H3,(H,26,31)/t17-,18-,19-,24-/m0/s1. The fourth-order valence-corrected chi connectivity index (χ4v) is 6.57. The van der Waals surface area contributed by atoms with Crippen molar-refractivity contribution in [2.75, 3.05) is 16.8 Å². The summed E-state index contributed by atoms with van der Waals surface area (Å²) in [5.74, 6) is -2.01. The number of imide groups is 1. The summed E-state index contributed by atoms with van der Waals surface area (Å²) in [6.45, 7) is 4.70. The third kappa shape index (κ3) is 2.14. The van der Waals surface area contributed by atoms with Gasteiger partial charge < -0.3 is 5.32 Å². The van der Waals surface area contributed by atoms with Crippen LogP contribution in [0.15, 0.2) is 36.4 Å². The predicted molar refractivity (Wildman–Crippen MR) is 117 cm³/mol. The normalized spacial score (nSPS) is 31.4. The maximum absolute atomic E-state index is 13.9. The lowest BCUT2D eigenvalue weighted by atomic mass is 9.75. The first-order chi connectivity index (χ1) is 14.9. The number of nitrogens with one attached hydrogen (secondary N) is 1. The largest absolute Gasteiger partial charge is 0.324 e. The Hall–Kier alpha value is -2.70. The molecule has 0 unspecified atom stereocenters. The maximum atomic E-state index is 13.9. The number of carbonyl (C=O) groups excluding carboxylic acids is 3. The summed E-state index contributed by atoms with van der Waals surface area (Å²) in [6, 6.07) is 10.6. The number of hydrogen-bond donors (Lipinski definition) is 1. The van der Waals surface area contributed by atoms with E-state index in [0.717, 1.165) is 35.2 Å². The van der Waals surface area contributed by atoms with Crippen molar-refractivity contribution in [2.45, 2.75) is 38.3 Å². The number of anilines is 2. The van der Waals surface area contributed by atoms with E-state index in [1.165, 1.54) is 4.90 Å². The first-order valence-corrected chi connectivity index (χ1v) is 11.1. The first-order valence-electron chi connectivity index (χ1n) is 10.7. The van der Waals surface area contributed by atoms with Crippen LogP contribution in [0.1, 0.15) is 29.5 Å². The lowest BCUT2D eigenvalue weighted by molar-refractivity contribution is -0.135. The summed E-state index contributed by atoms with van der Waals surface area (Å²) < 4.78 is 0. The molecule has 7 heteroatoms. The van der Waals surface area contributed by atoms with Crippen LogP contribution in [0.4, 0.5) is 11.4 Å². The lowest BCUT2D eigenvalue weighted by Crippen LogP contribution is -2.54. The van der Waals surface area contributed by atoms with Crippen LogP contribution < -0.4 is 10.2 Å². The number of amides is 3. The Balaban J connectivity index is 1.57. The monoisotopic (exact) mass is 435 g/mol. The second kappa shape index (κ2) is 6.17. The number of halogens is 1. The average Bonchev–Trinajstić information content (AvgIpc) is 3.43. The van der Waals surface area contributed by atoms with E-state index in [-0.39, 0.29) is 23.8 Å². The van der Waals surface area contributed by atoms with Crippen molar-refractivity contribution >= 4 is 40.7 Å². The van der Waals surface area contributed by atoms with Crippen LogP contribution >= 0.6 is 11.6 Å². The van der Waals surface area contributed by atoms with Crippen molar-refractivity contribution in [2.24, 2.45) is 11.8 Å². The fourth-order valence-electron chi connectivity index (χ4n) is 6.39. The Kier molecular flexibility index (Phi) is 3.79. The number of fused-ring (bicyclic) bond motifs is 7. The molecule has 6 nitrogen and oxygen atoms in total. The second-order valence-electron chi connectivity index (χ2n) is 9.05. The van der Waals surface area contributed by atoms with Gasteiger partial charge in [-0.3, -0.25) is 19.3 Å². The first kappa shape index (κ1) is 19.0. The zero-order valence-electron chi connectivity index (χ0n) is 17.3. The highest BCUT2D eigenvalue weighted by molar-refractivity contribution is 6.31. The van der Waals surface area contributed by atoms with Crippen molar-refractivity contribution in [1.29, 1.82) is 0 Å². The molecule has 6 rings (SSSR count). The van der Waals surface area contributed by atoms with Crippen LogP contribution in [-0.2, 0) is 19.9 Å². The molecule has 3 saturated heterocycles. The van der Waals surface area contributed by atoms with Gasteiger partial charge >= 0.3 is 0 Å². The van der Waals surface area contributed by atoms with Gasteiger partial charge in [0.15, 0.2) is 0 Å². The molecule has 0 aromatic heterocycles. The zero-order valence-corrected chi connectivity index (χ0v) is 18.1. The van der Waals surface area contributed by atoms with Gasteiger partial charge in [-0.2, -0.15) is 0 Å². The quantitative estimate of drug-likeness (QED) is 0.697. The van der Waals surface area contributed by atoms with Crippen molar-refractivity contribution in [3.05, 3.63) is 58.1 Å². The fraction of sp³-hybridized carbons (Fsp3) is 0.375. The average molecular weight is 436 g/mol. The Morgan fingerprint density at radius 2 is 1.90 bits per heavy atom. The smallest absolute Gasteiger partial charge is 0.250 e. The van der Waals surface area contributed by atoms with Gasteiger partial charge in [-0.1, -0.05) is 29.8 Å². The molecule has 4 atom stereocenters. The van der Waals surface area contributed by atoms with E-state index in [4.69, 9.17) is 11.6 Å². The Morgan fingerprint density at radius 1 is 1.10 bits per heavy atom. The molecule has 0 bridgehead atoms. The molecular formula is C24H22ClN3O3. The number of rotatable bonds is 1. The third-order valence-electron chi connectivity index (χ3n) is 7.77. The lowest BCUT2D eigenvalue weighted by Gasteiger charge is -2.36. The molecule has 4 aliphatic rings. The minimum Gasteiger partial charge on any atom is -0.324 e. The molecule has 1 N–H and O–H groups in total. The molecule has 0 saturated carbocycles. The third-order valence-corrected chi connectivity index (χ3v) is 8.00. The van der Waals surface area contributed by atoms with Gasteiger partial charge in [0.2, 0.25) is 17.7 Å². The van der Waals surface area contributed by atoms with Crippen LogP contribution in [0.3, 0.4) is 0 Å². The Morgan fingerprint density at radius 3 is 2.68 bits per heavy atom. The van der Waals surface area contributed by atoms with Crippen LogP contribution in [0.5, 0.6) is 0 Å². The molecule has 1 spiro atoms. The molecule has 4 aliphatic heterocycles. The van der Waals surface area contributed by atoms with Crippen molar-refractivity contribution in [3.8, 4) is 0 Å². The van der Waals surface area contributed by atoms with Crippen LogP contribution in [0.25, 0.3) is 0 Å². The molecule has 4 heterocycles. The van der Waals surface area contributed by atoms with Crippen LogP contribution in [0, 0.1) is 25.7 Å². The van der Waals surface area contributed by atoms with Gasteiger partial charge in [0.1, 0.15) is 5.54 Å². The number of nitrogens with zero attached hydrogens (tertiary/aromatic N) is 2. The van der Waals surface area contributed by atoms with E-state index >= 15 is 0 Å². The van der Waals surface area contributed by atoms with Gasteiger partial charge in [-0.15, -0.1) is 0 Å². The molecule has 158 valence electrons.